The number of alkyl halides is 1. The van der Waals surface area contributed by atoms with E-state index in [1.807, 2.05) is 60.7 Å². The molecule has 2 aromatic rings. The summed E-state index contributed by atoms with van der Waals surface area (Å²) in [5, 5.41) is 31.0. The van der Waals surface area contributed by atoms with Crippen molar-refractivity contribution in [2.75, 3.05) is 6.61 Å². The molecule has 2 aromatic carbocycles. The van der Waals surface area contributed by atoms with Crippen LogP contribution in [0.3, 0.4) is 0 Å². The van der Waals surface area contributed by atoms with Crippen LogP contribution in [0.2, 0.25) is 0 Å². The van der Waals surface area contributed by atoms with Crippen molar-refractivity contribution >= 4 is 11.6 Å². The lowest BCUT2D eigenvalue weighted by Crippen LogP contribution is -2.67. The molecule has 1 saturated heterocycles. The largest absolute Gasteiger partial charge is 0.394 e. The van der Waals surface area contributed by atoms with Gasteiger partial charge in [0.2, 0.25) is 0 Å². The zero-order valence-corrected chi connectivity index (χ0v) is 15.0. The van der Waals surface area contributed by atoms with Gasteiger partial charge >= 0.3 is 0 Å². The van der Waals surface area contributed by atoms with Crippen LogP contribution in [0.4, 0.5) is 0 Å². The molecule has 0 radical (unpaired) electrons. The molecule has 0 aromatic heterocycles. The van der Waals surface area contributed by atoms with Crippen LogP contribution < -0.4 is 0 Å². The highest BCUT2D eigenvalue weighted by atomic mass is 35.5. The van der Waals surface area contributed by atoms with Crippen LogP contribution in [0, 0.1) is 0 Å². The summed E-state index contributed by atoms with van der Waals surface area (Å²) in [6, 6.07) is 18.9. The second kappa shape index (κ2) is 8.48. The Kier molecular flexibility index (Phi) is 6.29. The van der Waals surface area contributed by atoms with E-state index >= 15 is 0 Å². The third-order valence-electron chi connectivity index (χ3n) is 4.77. The minimum Gasteiger partial charge on any atom is -0.394 e. The second-order valence-corrected chi connectivity index (χ2v) is 6.92. The highest BCUT2D eigenvalue weighted by Gasteiger charge is 2.56. The number of aliphatic hydroxyl groups is 3. The molecule has 6 heteroatoms. The van der Waals surface area contributed by atoms with Crippen molar-refractivity contribution in [2.45, 2.75) is 42.5 Å². The first kappa shape index (κ1) is 19.3. The Balaban J connectivity index is 1.93. The zero-order chi connectivity index (χ0) is 18.6. The van der Waals surface area contributed by atoms with Crippen LogP contribution in [0.1, 0.15) is 11.1 Å². The molecular weight excluding hydrogens is 356 g/mol. The fourth-order valence-electron chi connectivity index (χ4n) is 3.33. The molecule has 0 aliphatic carbocycles. The van der Waals surface area contributed by atoms with E-state index in [0.29, 0.717) is 0 Å². The van der Waals surface area contributed by atoms with Gasteiger partial charge in [-0.1, -0.05) is 72.3 Å². The van der Waals surface area contributed by atoms with Gasteiger partial charge in [0.25, 0.3) is 0 Å². The molecule has 0 spiro atoms. The molecule has 1 heterocycles. The van der Waals surface area contributed by atoms with Gasteiger partial charge in [0.1, 0.15) is 23.9 Å². The minimum absolute atomic E-state index is 0.199. The number of aliphatic hydroxyl groups excluding tert-OH is 3. The van der Waals surface area contributed by atoms with Crippen LogP contribution in [0.15, 0.2) is 60.7 Å². The topological polar surface area (TPSA) is 79.2 Å². The second-order valence-electron chi connectivity index (χ2n) is 6.49. The van der Waals surface area contributed by atoms with Crippen LogP contribution in [-0.4, -0.2) is 51.4 Å². The van der Waals surface area contributed by atoms with Crippen molar-refractivity contribution in [2.24, 2.45) is 0 Å². The van der Waals surface area contributed by atoms with Crippen molar-refractivity contribution in [3.63, 3.8) is 0 Å². The fraction of sp³-hybridized carbons (Fsp3) is 0.400. The van der Waals surface area contributed by atoms with Gasteiger partial charge in [-0.25, -0.2) is 0 Å². The van der Waals surface area contributed by atoms with Crippen molar-refractivity contribution < 1.29 is 24.8 Å². The van der Waals surface area contributed by atoms with Crippen LogP contribution >= 0.6 is 11.6 Å². The lowest BCUT2D eigenvalue weighted by atomic mass is 9.79. The van der Waals surface area contributed by atoms with Crippen LogP contribution in [0.5, 0.6) is 0 Å². The van der Waals surface area contributed by atoms with Gasteiger partial charge < -0.3 is 24.8 Å². The lowest BCUT2D eigenvalue weighted by Gasteiger charge is -2.49. The first-order valence-electron chi connectivity index (χ1n) is 8.55. The van der Waals surface area contributed by atoms with E-state index in [-0.39, 0.29) is 13.0 Å². The van der Waals surface area contributed by atoms with Gasteiger partial charge in [0.15, 0.2) is 5.56 Å². The van der Waals surface area contributed by atoms with E-state index in [4.69, 9.17) is 21.1 Å². The average molecular weight is 379 g/mol. The van der Waals surface area contributed by atoms with Gasteiger partial charge in [0, 0.05) is 6.42 Å². The summed E-state index contributed by atoms with van der Waals surface area (Å²) in [6.45, 7) is -0.196. The van der Waals surface area contributed by atoms with Crippen LogP contribution in [0.25, 0.3) is 0 Å². The molecule has 3 N–H and O–H groups in total. The molecule has 1 fully saturated rings. The van der Waals surface area contributed by atoms with E-state index in [1.54, 1.807) is 0 Å². The van der Waals surface area contributed by atoms with Crippen LogP contribution in [-0.2, 0) is 22.5 Å². The number of halogens is 1. The SMILES string of the molecule is OC[C@H]1O[C@H](Cl)[C@H](O)[C@@H](O)[C@]1(Cc1ccccc1)OCc1ccccc1. The molecule has 0 saturated carbocycles. The van der Waals surface area contributed by atoms with Gasteiger partial charge in [-0.3, -0.25) is 0 Å². The maximum absolute atomic E-state index is 10.8. The molecule has 5 atom stereocenters. The highest BCUT2D eigenvalue weighted by molar-refractivity contribution is 6.20. The quantitative estimate of drug-likeness (QED) is 0.669. The summed E-state index contributed by atoms with van der Waals surface area (Å²) in [5.41, 5.74) is -0.656. The van der Waals surface area contributed by atoms with Crippen molar-refractivity contribution in [3.8, 4) is 0 Å². The Bertz CT molecular complexity index is 679. The summed E-state index contributed by atoms with van der Waals surface area (Å²) in [4.78, 5) is 0. The standard InChI is InChI=1S/C20H23ClO5/c21-19-17(23)18(24)20(16(12-22)26-19,11-14-7-3-1-4-8-14)25-13-15-9-5-2-6-10-15/h1-10,16-19,22-24H,11-13H2/t16-,17-,18-,19+,20-/m1/s1. The maximum atomic E-state index is 10.8. The summed E-state index contributed by atoms with van der Waals surface area (Å²) in [7, 11) is 0. The first-order chi connectivity index (χ1) is 12.6. The van der Waals surface area contributed by atoms with E-state index in [2.05, 4.69) is 0 Å². The molecule has 0 bridgehead atoms. The van der Waals surface area contributed by atoms with Gasteiger partial charge in [-0.05, 0) is 11.1 Å². The number of hydrogen-bond acceptors (Lipinski definition) is 5. The molecule has 5 nitrogen and oxygen atoms in total. The lowest BCUT2D eigenvalue weighted by molar-refractivity contribution is -0.279. The third kappa shape index (κ3) is 3.93. The summed E-state index contributed by atoms with van der Waals surface area (Å²) >= 11 is 5.98. The maximum Gasteiger partial charge on any atom is 0.160 e. The molecule has 26 heavy (non-hydrogen) atoms. The predicted molar refractivity (Wildman–Crippen MR) is 97.7 cm³/mol. The van der Waals surface area contributed by atoms with E-state index in [9.17, 15) is 15.3 Å². The Hall–Kier alpha value is -1.47. The molecule has 3 rings (SSSR count). The smallest absolute Gasteiger partial charge is 0.160 e. The highest BCUT2D eigenvalue weighted by Crippen LogP contribution is 2.38. The fourth-order valence-corrected chi connectivity index (χ4v) is 3.59. The number of benzene rings is 2. The average Bonchev–Trinajstić information content (AvgIpc) is 2.69. The molecule has 1 aliphatic heterocycles. The first-order valence-corrected chi connectivity index (χ1v) is 8.99. The van der Waals surface area contributed by atoms with E-state index in [0.717, 1.165) is 11.1 Å². The number of rotatable bonds is 6. The number of ether oxygens (including phenoxy) is 2. The third-order valence-corrected chi connectivity index (χ3v) is 5.13. The Morgan fingerprint density at radius 2 is 1.54 bits per heavy atom. The van der Waals surface area contributed by atoms with Gasteiger partial charge in [0.05, 0.1) is 13.2 Å². The van der Waals surface area contributed by atoms with Gasteiger partial charge in [-0.2, -0.15) is 0 Å². The number of hydrogen-bond donors (Lipinski definition) is 3. The van der Waals surface area contributed by atoms with E-state index < -0.39 is 36.1 Å². The van der Waals surface area contributed by atoms with E-state index in [1.165, 1.54) is 0 Å². The zero-order valence-electron chi connectivity index (χ0n) is 14.2. The monoisotopic (exact) mass is 378 g/mol. The summed E-state index contributed by atoms with van der Waals surface area (Å²) in [6.07, 6.45) is -3.28. The van der Waals surface area contributed by atoms with Crippen molar-refractivity contribution in [1.82, 2.24) is 0 Å². The Morgan fingerprint density at radius 1 is 0.962 bits per heavy atom. The minimum atomic E-state index is -1.34. The normalized spacial score (nSPS) is 31.7. The molecule has 0 amide bonds. The Labute approximate surface area is 157 Å². The van der Waals surface area contributed by atoms with Crippen molar-refractivity contribution in [3.05, 3.63) is 71.8 Å². The summed E-state index contributed by atoms with van der Waals surface area (Å²) in [5.74, 6) is 0. The molecule has 140 valence electrons. The molecule has 1 aliphatic rings. The van der Waals surface area contributed by atoms with Gasteiger partial charge in [-0.15, -0.1) is 0 Å². The molecular formula is C20H23ClO5. The predicted octanol–water partition coefficient (Wildman–Crippen LogP) is 1.86. The molecule has 0 unspecified atom stereocenters. The Morgan fingerprint density at radius 3 is 2.12 bits per heavy atom. The summed E-state index contributed by atoms with van der Waals surface area (Å²) < 4.78 is 11.7. The van der Waals surface area contributed by atoms with Crippen molar-refractivity contribution in [1.29, 1.82) is 0 Å².